The number of carbonyl (C=O) groups is 1. The molecule has 0 radical (unpaired) electrons. The van der Waals surface area contributed by atoms with Crippen molar-refractivity contribution in [3.63, 3.8) is 0 Å². The second-order valence-corrected chi connectivity index (χ2v) is 8.76. The largest absolute Gasteiger partial charge is 0.271 e. The Labute approximate surface area is 170 Å². The molecular formula is C22H23N3O3S. The predicted molar refractivity (Wildman–Crippen MR) is 118 cm³/mol. The van der Waals surface area contributed by atoms with Crippen molar-refractivity contribution in [1.29, 1.82) is 0 Å². The van der Waals surface area contributed by atoms with E-state index >= 15 is 0 Å². The standard InChI is InChI=1S/C22H23N3O3S/c1-16-8-6-13-21(17(16)2)25(29(3,27)28)15-22(26)24-23-14-19-11-7-10-18-9-4-5-12-20(18)19/h4-14H,15H2,1-3H3,(H,24,26)/b23-14-. The molecule has 1 N–H and O–H groups in total. The molecule has 0 bridgehead atoms. The summed E-state index contributed by atoms with van der Waals surface area (Å²) in [5.74, 6) is -0.521. The first-order chi connectivity index (χ1) is 13.8. The molecule has 3 aromatic rings. The number of hydrogen-bond acceptors (Lipinski definition) is 4. The van der Waals surface area contributed by atoms with Gasteiger partial charge in [-0.05, 0) is 41.8 Å². The maximum atomic E-state index is 12.4. The minimum absolute atomic E-state index is 0.351. The summed E-state index contributed by atoms with van der Waals surface area (Å²) in [5.41, 5.74) is 5.53. The first kappa shape index (κ1) is 20.5. The molecule has 7 heteroatoms. The average Bonchev–Trinajstić information content (AvgIpc) is 2.68. The fraction of sp³-hybridized carbons (Fsp3) is 0.182. The van der Waals surface area contributed by atoms with Gasteiger partial charge in [0.2, 0.25) is 10.0 Å². The Morgan fingerprint density at radius 3 is 2.48 bits per heavy atom. The van der Waals surface area contributed by atoms with Crippen molar-refractivity contribution >= 4 is 38.6 Å². The lowest BCUT2D eigenvalue weighted by Gasteiger charge is -2.23. The lowest BCUT2D eigenvalue weighted by atomic mass is 10.1. The van der Waals surface area contributed by atoms with Gasteiger partial charge in [-0.1, -0.05) is 54.6 Å². The highest BCUT2D eigenvalue weighted by atomic mass is 32.2. The number of hydrogen-bond donors (Lipinski definition) is 1. The van der Waals surface area contributed by atoms with Gasteiger partial charge in [0, 0.05) is 5.56 Å². The van der Waals surface area contributed by atoms with Crippen LogP contribution in [0.3, 0.4) is 0 Å². The summed E-state index contributed by atoms with van der Waals surface area (Å²) in [6, 6.07) is 19.0. The molecule has 0 atom stereocenters. The van der Waals surface area contributed by atoms with Gasteiger partial charge in [0.05, 0.1) is 18.2 Å². The van der Waals surface area contributed by atoms with Crippen molar-refractivity contribution in [3.05, 3.63) is 77.4 Å². The zero-order valence-corrected chi connectivity index (χ0v) is 17.4. The van der Waals surface area contributed by atoms with Gasteiger partial charge in [-0.2, -0.15) is 5.10 Å². The fourth-order valence-corrected chi connectivity index (χ4v) is 4.00. The van der Waals surface area contributed by atoms with Crippen LogP contribution in [-0.2, 0) is 14.8 Å². The summed E-state index contributed by atoms with van der Waals surface area (Å²) in [6.45, 7) is 3.38. The van der Waals surface area contributed by atoms with E-state index < -0.39 is 15.9 Å². The molecule has 0 heterocycles. The van der Waals surface area contributed by atoms with Gasteiger partial charge in [0.1, 0.15) is 6.54 Å². The summed E-state index contributed by atoms with van der Waals surface area (Å²) >= 11 is 0. The summed E-state index contributed by atoms with van der Waals surface area (Å²) < 4.78 is 25.7. The highest BCUT2D eigenvalue weighted by Gasteiger charge is 2.22. The molecule has 0 fully saturated rings. The van der Waals surface area contributed by atoms with E-state index in [-0.39, 0.29) is 6.54 Å². The number of benzene rings is 3. The zero-order chi connectivity index (χ0) is 21.0. The van der Waals surface area contributed by atoms with E-state index in [1.807, 2.05) is 62.4 Å². The van der Waals surface area contributed by atoms with E-state index in [9.17, 15) is 13.2 Å². The van der Waals surface area contributed by atoms with Gasteiger partial charge in [0.15, 0.2) is 0 Å². The number of nitrogens with zero attached hydrogens (tertiary/aromatic N) is 2. The number of anilines is 1. The van der Waals surface area contributed by atoms with Gasteiger partial charge in [-0.25, -0.2) is 13.8 Å². The second-order valence-electron chi connectivity index (χ2n) is 6.85. The second kappa shape index (κ2) is 8.45. The molecule has 1 amide bonds. The number of nitrogens with one attached hydrogen (secondary N) is 1. The van der Waals surface area contributed by atoms with Crippen LogP contribution in [0.5, 0.6) is 0 Å². The molecule has 0 aliphatic heterocycles. The molecule has 3 aromatic carbocycles. The van der Waals surface area contributed by atoms with Crippen LogP contribution in [0.2, 0.25) is 0 Å². The number of aryl methyl sites for hydroxylation is 1. The van der Waals surface area contributed by atoms with Gasteiger partial charge in [-0.3, -0.25) is 9.10 Å². The minimum atomic E-state index is -3.64. The van der Waals surface area contributed by atoms with Crippen LogP contribution < -0.4 is 9.73 Å². The van der Waals surface area contributed by atoms with E-state index in [4.69, 9.17) is 0 Å². The number of rotatable bonds is 6. The lowest BCUT2D eigenvalue weighted by Crippen LogP contribution is -2.39. The summed E-state index contributed by atoms with van der Waals surface area (Å²) in [5, 5.41) is 6.10. The number of hydrazone groups is 1. The first-order valence-electron chi connectivity index (χ1n) is 9.11. The molecule has 29 heavy (non-hydrogen) atoms. The van der Waals surface area contributed by atoms with Crippen LogP contribution in [0.1, 0.15) is 16.7 Å². The van der Waals surface area contributed by atoms with E-state index in [0.29, 0.717) is 5.69 Å². The Balaban J connectivity index is 1.77. The Hall–Kier alpha value is -3.19. The zero-order valence-electron chi connectivity index (χ0n) is 16.6. The van der Waals surface area contributed by atoms with E-state index in [1.165, 1.54) is 0 Å². The Kier molecular flexibility index (Phi) is 5.98. The highest BCUT2D eigenvalue weighted by molar-refractivity contribution is 7.92. The van der Waals surface area contributed by atoms with Gasteiger partial charge in [-0.15, -0.1) is 0 Å². The Morgan fingerprint density at radius 1 is 1.03 bits per heavy atom. The predicted octanol–water partition coefficient (Wildman–Crippen LogP) is 3.37. The van der Waals surface area contributed by atoms with Crippen LogP contribution in [0.4, 0.5) is 5.69 Å². The minimum Gasteiger partial charge on any atom is -0.271 e. The molecule has 0 unspecified atom stereocenters. The molecule has 0 aromatic heterocycles. The van der Waals surface area contributed by atoms with Crippen LogP contribution >= 0.6 is 0 Å². The monoisotopic (exact) mass is 409 g/mol. The van der Waals surface area contributed by atoms with Gasteiger partial charge < -0.3 is 0 Å². The Morgan fingerprint density at radius 2 is 1.72 bits per heavy atom. The molecule has 150 valence electrons. The quantitative estimate of drug-likeness (QED) is 0.501. The molecule has 0 aliphatic rings. The summed E-state index contributed by atoms with van der Waals surface area (Å²) in [6.07, 6.45) is 2.64. The maximum absolute atomic E-state index is 12.4. The van der Waals surface area contributed by atoms with Gasteiger partial charge in [0.25, 0.3) is 5.91 Å². The third-order valence-corrected chi connectivity index (χ3v) is 5.87. The topological polar surface area (TPSA) is 78.8 Å². The van der Waals surface area contributed by atoms with Crippen molar-refractivity contribution < 1.29 is 13.2 Å². The molecule has 0 aliphatic carbocycles. The van der Waals surface area contributed by atoms with Crippen molar-refractivity contribution in [2.24, 2.45) is 5.10 Å². The summed E-state index contributed by atoms with van der Waals surface area (Å²) in [4.78, 5) is 12.4. The number of sulfonamides is 1. The normalized spacial score (nSPS) is 11.7. The number of carbonyl (C=O) groups excluding carboxylic acids is 1. The number of amides is 1. The van der Waals surface area contributed by atoms with E-state index in [2.05, 4.69) is 10.5 Å². The average molecular weight is 410 g/mol. The van der Waals surface area contributed by atoms with Crippen molar-refractivity contribution in [2.75, 3.05) is 17.1 Å². The molecule has 0 saturated carbocycles. The molecule has 3 rings (SSSR count). The van der Waals surface area contributed by atoms with Crippen LogP contribution in [0.15, 0.2) is 65.8 Å². The van der Waals surface area contributed by atoms with E-state index in [1.54, 1.807) is 18.3 Å². The first-order valence-corrected chi connectivity index (χ1v) is 11.0. The molecule has 0 saturated heterocycles. The highest BCUT2D eigenvalue weighted by Crippen LogP contribution is 2.24. The molecule has 0 spiro atoms. The SMILES string of the molecule is Cc1cccc(N(CC(=O)N/N=C\c2cccc3ccccc23)S(C)(=O)=O)c1C. The summed E-state index contributed by atoms with van der Waals surface area (Å²) in [7, 11) is -3.64. The number of fused-ring (bicyclic) bond motifs is 1. The van der Waals surface area contributed by atoms with Crippen molar-refractivity contribution in [2.45, 2.75) is 13.8 Å². The molecule has 6 nitrogen and oxygen atoms in total. The maximum Gasteiger partial charge on any atom is 0.260 e. The van der Waals surface area contributed by atoms with Crippen molar-refractivity contribution in [3.8, 4) is 0 Å². The van der Waals surface area contributed by atoms with Crippen LogP contribution in [0.25, 0.3) is 10.8 Å². The lowest BCUT2D eigenvalue weighted by molar-refractivity contribution is -0.119. The van der Waals surface area contributed by atoms with Gasteiger partial charge >= 0.3 is 0 Å². The Bertz CT molecular complexity index is 1180. The third kappa shape index (κ3) is 4.81. The van der Waals surface area contributed by atoms with Crippen molar-refractivity contribution in [1.82, 2.24) is 5.43 Å². The van der Waals surface area contributed by atoms with E-state index in [0.717, 1.165) is 38.0 Å². The third-order valence-electron chi connectivity index (χ3n) is 4.75. The van der Waals surface area contributed by atoms with Crippen LogP contribution in [0, 0.1) is 13.8 Å². The smallest absolute Gasteiger partial charge is 0.260 e. The molecular weight excluding hydrogens is 386 g/mol. The van der Waals surface area contributed by atoms with Crippen LogP contribution in [-0.4, -0.2) is 33.3 Å². The fourth-order valence-electron chi connectivity index (χ4n) is 3.09.